The Morgan fingerprint density at radius 2 is 2.36 bits per heavy atom. The molecule has 3 unspecified atom stereocenters. The predicted molar refractivity (Wildman–Crippen MR) is 55.6 cm³/mol. The van der Waals surface area contributed by atoms with Gasteiger partial charge >= 0.3 is 0 Å². The fraction of sp³-hybridized carbons (Fsp3) is 0.909. The second kappa shape index (κ2) is 4.29. The number of rotatable bonds is 3. The number of nitrogens with zero attached hydrogens (tertiary/aromatic N) is 2. The van der Waals surface area contributed by atoms with Gasteiger partial charge in [-0.05, 0) is 12.8 Å². The first-order valence-electron chi connectivity index (χ1n) is 5.24. The van der Waals surface area contributed by atoms with Crippen LogP contribution in [0.25, 0.3) is 0 Å². The summed E-state index contributed by atoms with van der Waals surface area (Å²) in [6.45, 7) is 9.23. The molecule has 0 aromatic rings. The second-order valence-corrected chi connectivity index (χ2v) is 4.94. The summed E-state index contributed by atoms with van der Waals surface area (Å²) in [6.07, 6.45) is 0. The van der Waals surface area contributed by atoms with Gasteiger partial charge in [0.15, 0.2) is 0 Å². The summed E-state index contributed by atoms with van der Waals surface area (Å²) in [7, 11) is 0. The van der Waals surface area contributed by atoms with Crippen LogP contribution in [0, 0.1) is 28.6 Å². The van der Waals surface area contributed by atoms with E-state index in [9.17, 15) is 5.11 Å². The Morgan fingerprint density at radius 3 is 2.79 bits per heavy atom. The zero-order valence-electron chi connectivity index (χ0n) is 9.32. The van der Waals surface area contributed by atoms with Gasteiger partial charge in [-0.25, -0.2) is 0 Å². The molecule has 14 heavy (non-hydrogen) atoms. The van der Waals surface area contributed by atoms with Gasteiger partial charge in [0.1, 0.15) is 0 Å². The van der Waals surface area contributed by atoms with E-state index in [2.05, 4.69) is 24.8 Å². The molecule has 1 aliphatic heterocycles. The third-order valence-corrected chi connectivity index (χ3v) is 3.42. The van der Waals surface area contributed by atoms with Gasteiger partial charge in [0.05, 0.1) is 12.0 Å². The minimum atomic E-state index is 0.0230. The number of aliphatic hydroxyl groups is 1. The zero-order valence-corrected chi connectivity index (χ0v) is 9.32. The first kappa shape index (κ1) is 11.5. The Hall–Kier alpha value is -0.590. The summed E-state index contributed by atoms with van der Waals surface area (Å²) in [5.41, 5.74) is 0.0230. The largest absolute Gasteiger partial charge is 0.396 e. The van der Waals surface area contributed by atoms with Crippen LogP contribution in [0.3, 0.4) is 0 Å². The molecular weight excluding hydrogens is 176 g/mol. The van der Waals surface area contributed by atoms with E-state index in [1.807, 2.05) is 6.92 Å². The van der Waals surface area contributed by atoms with Gasteiger partial charge in [-0.15, -0.1) is 0 Å². The van der Waals surface area contributed by atoms with E-state index in [4.69, 9.17) is 5.26 Å². The summed E-state index contributed by atoms with van der Waals surface area (Å²) in [6, 6.07) is 2.25. The van der Waals surface area contributed by atoms with Crippen LogP contribution < -0.4 is 0 Å². The van der Waals surface area contributed by atoms with Crippen LogP contribution in [0.2, 0.25) is 0 Å². The molecule has 1 saturated heterocycles. The summed E-state index contributed by atoms with van der Waals surface area (Å²) >= 11 is 0. The highest BCUT2D eigenvalue weighted by Gasteiger charge is 2.39. The minimum absolute atomic E-state index is 0.0230. The lowest BCUT2D eigenvalue weighted by Crippen LogP contribution is -2.31. The summed E-state index contributed by atoms with van der Waals surface area (Å²) in [5.74, 6) is 0.599. The van der Waals surface area contributed by atoms with Crippen LogP contribution in [0.1, 0.15) is 20.8 Å². The van der Waals surface area contributed by atoms with E-state index in [1.165, 1.54) is 0 Å². The van der Waals surface area contributed by atoms with Gasteiger partial charge in [-0.3, -0.25) is 0 Å². The Kier molecular flexibility index (Phi) is 3.52. The SMILES string of the molecule is CC(C#N)CN1CC(C)C(C)(CO)C1. The number of nitriles is 1. The summed E-state index contributed by atoms with van der Waals surface area (Å²) in [5, 5.41) is 18.0. The van der Waals surface area contributed by atoms with E-state index >= 15 is 0 Å². The first-order valence-corrected chi connectivity index (χ1v) is 5.24. The number of hydrogen-bond donors (Lipinski definition) is 1. The van der Waals surface area contributed by atoms with Gasteiger partial charge in [-0.1, -0.05) is 13.8 Å². The summed E-state index contributed by atoms with van der Waals surface area (Å²) in [4.78, 5) is 2.29. The molecule has 1 aliphatic rings. The van der Waals surface area contributed by atoms with Crippen molar-refractivity contribution < 1.29 is 5.11 Å². The topological polar surface area (TPSA) is 47.3 Å². The zero-order chi connectivity index (χ0) is 10.8. The molecule has 0 aromatic carbocycles. The van der Waals surface area contributed by atoms with E-state index in [1.54, 1.807) is 0 Å². The Morgan fingerprint density at radius 1 is 1.71 bits per heavy atom. The van der Waals surface area contributed by atoms with Crippen molar-refractivity contribution in [1.82, 2.24) is 4.90 Å². The fourth-order valence-electron chi connectivity index (χ4n) is 2.11. The molecular formula is C11H20N2O. The van der Waals surface area contributed by atoms with Crippen molar-refractivity contribution >= 4 is 0 Å². The van der Waals surface area contributed by atoms with E-state index < -0.39 is 0 Å². The van der Waals surface area contributed by atoms with Crippen LogP contribution in [-0.4, -0.2) is 36.2 Å². The monoisotopic (exact) mass is 196 g/mol. The molecule has 0 aliphatic carbocycles. The van der Waals surface area contributed by atoms with Gasteiger partial charge in [0.25, 0.3) is 0 Å². The number of likely N-dealkylation sites (tertiary alicyclic amines) is 1. The third-order valence-electron chi connectivity index (χ3n) is 3.42. The first-order chi connectivity index (χ1) is 6.51. The molecule has 0 spiro atoms. The standard InChI is InChI=1S/C11H20N2O/c1-9(4-12)5-13-6-10(2)11(3,7-13)8-14/h9-10,14H,5-8H2,1-3H3. The molecule has 3 heteroatoms. The third kappa shape index (κ3) is 2.26. The van der Waals surface area contributed by atoms with Crippen molar-refractivity contribution in [3.63, 3.8) is 0 Å². The molecule has 1 heterocycles. The van der Waals surface area contributed by atoms with Crippen molar-refractivity contribution in [1.29, 1.82) is 5.26 Å². The lowest BCUT2D eigenvalue weighted by Gasteiger charge is -2.25. The molecule has 1 N–H and O–H groups in total. The molecule has 0 bridgehead atoms. The van der Waals surface area contributed by atoms with Crippen LogP contribution in [0.15, 0.2) is 0 Å². The highest BCUT2D eigenvalue weighted by molar-refractivity contribution is 4.93. The fourth-order valence-corrected chi connectivity index (χ4v) is 2.11. The van der Waals surface area contributed by atoms with Crippen molar-refractivity contribution in [2.75, 3.05) is 26.2 Å². The van der Waals surface area contributed by atoms with E-state index in [-0.39, 0.29) is 17.9 Å². The second-order valence-electron chi connectivity index (χ2n) is 4.94. The maximum atomic E-state index is 9.31. The predicted octanol–water partition coefficient (Wildman–Crippen LogP) is 1.10. The lowest BCUT2D eigenvalue weighted by molar-refractivity contribution is 0.117. The van der Waals surface area contributed by atoms with Gasteiger partial charge in [0.2, 0.25) is 0 Å². The van der Waals surface area contributed by atoms with E-state index in [0.29, 0.717) is 5.92 Å². The van der Waals surface area contributed by atoms with Crippen molar-refractivity contribution in [3.8, 4) is 6.07 Å². The average molecular weight is 196 g/mol. The molecule has 0 amide bonds. The molecule has 3 atom stereocenters. The maximum absolute atomic E-state index is 9.31. The van der Waals surface area contributed by atoms with Crippen LogP contribution in [-0.2, 0) is 0 Å². The van der Waals surface area contributed by atoms with Crippen LogP contribution >= 0.6 is 0 Å². The highest BCUT2D eigenvalue weighted by atomic mass is 16.3. The number of hydrogen-bond acceptors (Lipinski definition) is 3. The van der Waals surface area contributed by atoms with Crippen molar-refractivity contribution in [2.45, 2.75) is 20.8 Å². The van der Waals surface area contributed by atoms with Crippen LogP contribution in [0.4, 0.5) is 0 Å². The minimum Gasteiger partial charge on any atom is -0.396 e. The molecule has 1 fully saturated rings. The van der Waals surface area contributed by atoms with Crippen molar-refractivity contribution in [2.24, 2.45) is 17.3 Å². The lowest BCUT2D eigenvalue weighted by atomic mass is 9.82. The van der Waals surface area contributed by atoms with Gasteiger partial charge in [0, 0.05) is 31.7 Å². The highest BCUT2D eigenvalue weighted by Crippen LogP contribution is 2.34. The molecule has 1 rings (SSSR count). The van der Waals surface area contributed by atoms with Gasteiger partial charge in [-0.2, -0.15) is 5.26 Å². The molecule has 80 valence electrons. The Balaban J connectivity index is 2.52. The Labute approximate surface area is 86.3 Å². The quantitative estimate of drug-likeness (QED) is 0.735. The van der Waals surface area contributed by atoms with Gasteiger partial charge < -0.3 is 10.0 Å². The molecule has 0 radical (unpaired) electrons. The summed E-state index contributed by atoms with van der Waals surface area (Å²) < 4.78 is 0. The van der Waals surface area contributed by atoms with Crippen LogP contribution in [0.5, 0.6) is 0 Å². The maximum Gasteiger partial charge on any atom is 0.0666 e. The molecule has 3 nitrogen and oxygen atoms in total. The van der Waals surface area contributed by atoms with Crippen molar-refractivity contribution in [3.05, 3.63) is 0 Å². The Bertz CT molecular complexity index is 236. The number of aliphatic hydroxyl groups excluding tert-OH is 1. The average Bonchev–Trinajstić information content (AvgIpc) is 2.43. The smallest absolute Gasteiger partial charge is 0.0666 e. The molecule has 0 aromatic heterocycles. The van der Waals surface area contributed by atoms with E-state index in [0.717, 1.165) is 19.6 Å². The molecule has 0 saturated carbocycles. The normalized spacial score (nSPS) is 35.5.